The maximum atomic E-state index is 13.6. The quantitative estimate of drug-likeness (QED) is 0.0240. The van der Waals surface area contributed by atoms with Crippen molar-refractivity contribution in [3.63, 3.8) is 0 Å². The van der Waals surface area contributed by atoms with Crippen molar-refractivity contribution in [1.29, 1.82) is 0 Å². The van der Waals surface area contributed by atoms with Gasteiger partial charge in [-0.25, -0.2) is 29.3 Å². The lowest BCUT2D eigenvalue weighted by Crippen LogP contribution is -2.31. The summed E-state index contributed by atoms with van der Waals surface area (Å²) in [5.41, 5.74) is 1.45. The van der Waals surface area contributed by atoms with Gasteiger partial charge in [-0.05, 0) is 225 Å². The van der Waals surface area contributed by atoms with E-state index < -0.39 is 71.4 Å². The first-order valence-electron chi connectivity index (χ1n) is 37.7. The third kappa shape index (κ3) is 17.8. The van der Waals surface area contributed by atoms with Crippen molar-refractivity contribution < 1.29 is 108 Å². The number of nitrogens with one attached hydrogen (secondary N) is 3. The Morgan fingerprint density at radius 3 is 1.08 bits per heavy atom. The lowest BCUT2D eigenvalue weighted by Gasteiger charge is -2.20. The molecule has 23 nitrogen and oxygen atoms in total. The van der Waals surface area contributed by atoms with Crippen LogP contribution in [0.5, 0.6) is 34.5 Å². The molecule has 31 heteroatoms. The van der Waals surface area contributed by atoms with Crippen molar-refractivity contribution in [2.75, 3.05) is 16.0 Å². The Hall–Kier alpha value is -13.1. The summed E-state index contributed by atoms with van der Waals surface area (Å²) in [7, 11) is -1.58. The fraction of sp³-hybridized carbons (Fsp3) is 0.225. The van der Waals surface area contributed by atoms with Crippen LogP contribution in [0.4, 0.5) is 43.8 Å². The number of anilines is 3. The molecule has 612 valence electrons. The van der Waals surface area contributed by atoms with E-state index in [9.17, 15) is 60.2 Å². The third-order valence-corrected chi connectivity index (χ3v) is 20.9. The molecular weight excluding hydrogens is 1630 g/mol. The van der Waals surface area contributed by atoms with E-state index in [2.05, 4.69) is 70.3 Å². The summed E-state index contributed by atoms with van der Waals surface area (Å²) in [6.45, 7) is 10.7. The zero-order chi connectivity index (χ0) is 85.2. The van der Waals surface area contributed by atoms with Crippen molar-refractivity contribution in [3.05, 3.63) is 256 Å². The van der Waals surface area contributed by atoms with E-state index in [1.54, 1.807) is 120 Å². The predicted molar refractivity (Wildman–Crippen MR) is 434 cm³/mol. The van der Waals surface area contributed by atoms with Crippen LogP contribution in [0.1, 0.15) is 128 Å². The molecule has 3 aromatic heterocycles. The summed E-state index contributed by atoms with van der Waals surface area (Å²) in [4.78, 5) is 89.6. The van der Waals surface area contributed by atoms with Gasteiger partial charge in [0.05, 0.1) is 44.3 Å². The van der Waals surface area contributed by atoms with Crippen molar-refractivity contribution >= 4 is 114 Å². The minimum atomic E-state index is -3.73. The smallest absolute Gasteiger partial charge is 0.478 e. The van der Waals surface area contributed by atoms with E-state index in [0.29, 0.717) is 111 Å². The molecule has 3 amide bonds. The van der Waals surface area contributed by atoms with Crippen LogP contribution in [0.2, 0.25) is 0 Å². The molecule has 0 unspecified atom stereocenters. The highest BCUT2D eigenvalue weighted by Gasteiger charge is 2.56. The van der Waals surface area contributed by atoms with Crippen molar-refractivity contribution in [2.45, 2.75) is 126 Å². The molecule has 3 fully saturated rings. The summed E-state index contributed by atoms with van der Waals surface area (Å²) >= 11 is 3.43. The molecule has 3 aliphatic heterocycles. The SMILES string of the molecule is CC(C)(C)OC(=O)c1cccc(-c2nc(NC(=O)C3(c4ccc5c(c4)OC(F)(F)O5)CC3)cc3ccccc23)c1.CC(C)(C)OC(=O)c1cccc(B(O)O)c1.O=C(Nc1cc2ccccc2c(Br)n1)C1(c2ccc3c(c2)OC(F)(F)O3)CC1.O=C(O)c1cccc(-c2nc(NC(=O)C3(c4ccc5c(c4)OC(F)(F)O5)CC3)cc3ccccc23)c1. The van der Waals surface area contributed by atoms with Crippen LogP contribution in [-0.4, -0.2) is 103 Å². The summed E-state index contributed by atoms with van der Waals surface area (Å²) < 4.78 is 119. The zero-order valence-electron chi connectivity index (χ0n) is 64.6. The molecule has 6 heterocycles. The first-order valence-corrected chi connectivity index (χ1v) is 38.5. The number of carbonyl (C=O) groups excluding carboxylic acids is 5. The molecule has 6 aliphatic rings. The highest BCUT2D eigenvalue weighted by molar-refractivity contribution is 9.10. The third-order valence-electron chi connectivity index (χ3n) is 20.3. The number of hydrogen-bond acceptors (Lipinski definition) is 19. The topological polar surface area (TPSA) is 312 Å². The van der Waals surface area contributed by atoms with Gasteiger partial charge in [-0.15, -0.1) is 26.3 Å². The molecule has 3 aliphatic carbocycles. The Bertz CT molecular complexity index is 6150. The van der Waals surface area contributed by atoms with Crippen LogP contribution < -0.4 is 49.8 Å². The van der Waals surface area contributed by atoms with E-state index >= 15 is 0 Å². The van der Waals surface area contributed by atoms with Gasteiger partial charge in [-0.3, -0.25) is 14.4 Å². The number of aromatic carboxylic acids is 1. The van der Waals surface area contributed by atoms with Gasteiger partial charge in [0.2, 0.25) is 17.7 Å². The standard InChI is InChI=1S/C31H26F2N2O5.C27H18F2N2O5.C20H13BrF2N2O3.C11H15BO4/c1-29(2,3)40-27(36)20-9-6-8-19(15-20)26-22-10-5-4-7-18(22)16-25(34-26)35-28(37)30(13-14-30)21-11-12-23-24(17-21)39-31(32,33)38-23;28-27(29)35-20-9-8-18(14-21(20)36-27)26(10-11-26)25(34)31-22-13-15-4-1-2-7-19(15)23(30-22)16-5-3-6-17(12-16)24(32)33;21-17-13-4-2-1-3-11(13)9-16(24-17)25-18(26)19(7-8-19)12-5-6-14-15(10-12)28-20(22,23)27-14;1-11(2,3)16-10(13)8-5-4-6-9(7-8)12(14)15/h4-12,15-17H,13-14H2,1-3H3,(H,34,35,37);1-9,12-14H,10-11H2,(H,32,33)(H,30,31,34);1-6,9-10H,7-8H2,(H,24,25,26);4-7,14-15H,1-3H3. The van der Waals surface area contributed by atoms with Crippen molar-refractivity contribution in [1.82, 2.24) is 15.0 Å². The maximum absolute atomic E-state index is 13.6. The highest BCUT2D eigenvalue weighted by Crippen LogP contribution is 2.56. The molecule has 0 spiro atoms. The summed E-state index contributed by atoms with van der Waals surface area (Å²) in [5.74, 6) is -2.22. The number of aromatic nitrogens is 3. The van der Waals surface area contributed by atoms with Gasteiger partial charge in [-0.1, -0.05) is 127 Å². The molecule has 0 radical (unpaired) electrons. The Morgan fingerprint density at radius 2 is 0.717 bits per heavy atom. The van der Waals surface area contributed by atoms with Crippen LogP contribution in [0, 0.1) is 0 Å². The van der Waals surface area contributed by atoms with Gasteiger partial charge < -0.3 is 69.0 Å². The van der Waals surface area contributed by atoms with Crippen molar-refractivity contribution in [3.8, 4) is 57.0 Å². The van der Waals surface area contributed by atoms with Gasteiger partial charge in [-0.2, -0.15) is 0 Å². The van der Waals surface area contributed by atoms with Gasteiger partial charge in [0.25, 0.3) is 0 Å². The maximum Gasteiger partial charge on any atom is 0.586 e. The Balaban J connectivity index is 0.000000130. The Kier molecular flexibility index (Phi) is 21.4. The van der Waals surface area contributed by atoms with Gasteiger partial charge in [0.15, 0.2) is 34.5 Å². The van der Waals surface area contributed by atoms with E-state index in [1.165, 1.54) is 60.7 Å². The van der Waals surface area contributed by atoms with E-state index in [4.69, 9.17) is 24.5 Å². The number of rotatable bonds is 15. The van der Waals surface area contributed by atoms with E-state index in [0.717, 1.165) is 32.3 Å². The van der Waals surface area contributed by atoms with Crippen LogP contribution in [0.25, 0.3) is 54.8 Å². The van der Waals surface area contributed by atoms with Crippen LogP contribution >= 0.6 is 15.9 Å². The van der Waals surface area contributed by atoms with Crippen molar-refractivity contribution in [2.24, 2.45) is 0 Å². The molecule has 0 atom stereocenters. The number of carbonyl (C=O) groups is 6. The summed E-state index contributed by atoms with van der Waals surface area (Å²) in [6, 6.07) is 60.9. The number of pyridine rings is 3. The number of nitrogens with zero attached hydrogens (tertiary/aromatic N) is 3. The number of benzene rings is 9. The lowest BCUT2D eigenvalue weighted by atomic mass is 9.80. The second-order valence-electron chi connectivity index (χ2n) is 31.2. The van der Waals surface area contributed by atoms with Gasteiger partial charge in [0.1, 0.15) is 33.3 Å². The largest absolute Gasteiger partial charge is 0.586 e. The molecule has 9 aromatic carbocycles. The molecule has 0 saturated heterocycles. The van der Waals surface area contributed by atoms with Crippen LogP contribution in [-0.2, 0) is 40.1 Å². The monoisotopic (exact) mass is 1700 g/mol. The number of alkyl halides is 6. The molecule has 6 N–H and O–H groups in total. The van der Waals surface area contributed by atoms with Crippen LogP contribution in [0.15, 0.2) is 223 Å². The highest BCUT2D eigenvalue weighted by atomic mass is 79.9. The lowest BCUT2D eigenvalue weighted by molar-refractivity contribution is -0.287. The average molecular weight is 1700 g/mol. The molecule has 18 rings (SSSR count). The minimum Gasteiger partial charge on any atom is -0.478 e. The van der Waals surface area contributed by atoms with Crippen LogP contribution in [0.3, 0.4) is 0 Å². The van der Waals surface area contributed by atoms with Gasteiger partial charge in [0, 0.05) is 27.3 Å². The number of hydrogen-bond donors (Lipinski definition) is 6. The van der Waals surface area contributed by atoms with E-state index in [-0.39, 0.29) is 63.2 Å². The molecule has 3 saturated carbocycles. The number of amides is 3. The average Bonchev–Trinajstić information content (AvgIpc) is 1.58. The number of carboxylic acids is 1. The molecule has 0 bridgehead atoms. The second-order valence-corrected chi connectivity index (χ2v) is 32.0. The second kappa shape index (κ2) is 31.3. The normalized spacial score (nSPS) is 16.1. The predicted octanol–water partition coefficient (Wildman–Crippen LogP) is 17.8. The number of esters is 2. The molecular formula is C89H72BBrF6N6O17. The molecule has 120 heavy (non-hydrogen) atoms. The Labute approximate surface area is 689 Å². The number of fused-ring (bicyclic) bond motifs is 6. The number of ether oxygens (including phenoxy) is 8. The van der Waals surface area contributed by atoms with E-state index in [1.807, 2.05) is 78.9 Å². The fourth-order valence-electron chi connectivity index (χ4n) is 14.0. The first-order chi connectivity index (χ1) is 56.8. The minimum absolute atomic E-state index is 0.0370. The Morgan fingerprint density at radius 1 is 0.392 bits per heavy atom. The van der Waals surface area contributed by atoms with Gasteiger partial charge >= 0.3 is 43.9 Å². The first kappa shape index (κ1) is 82.0. The summed E-state index contributed by atoms with van der Waals surface area (Å²) in [6.07, 6.45) is -7.74. The summed E-state index contributed by atoms with van der Waals surface area (Å²) in [5, 5.41) is 41.2. The number of carboxylic acid groups (broad SMARTS) is 1. The molecule has 12 aromatic rings. The fourth-order valence-corrected chi connectivity index (χ4v) is 14.6. The number of halogens is 7. The zero-order valence-corrected chi connectivity index (χ0v) is 66.2.